The SMILES string of the molecule is CC(C)(C)c1cc(CC(=O)Cc2cccc3ccccc23)n(-c2cccc(CN3C(=O)CCS3(=O)=O)c2)n1. The number of carbonyl (C=O) groups excluding carboxylic acids is 2. The van der Waals surface area contributed by atoms with Crippen LogP contribution < -0.4 is 0 Å². The van der Waals surface area contributed by atoms with Crippen LogP contribution in [0.3, 0.4) is 0 Å². The van der Waals surface area contributed by atoms with Gasteiger partial charge < -0.3 is 0 Å². The van der Waals surface area contributed by atoms with Crippen molar-refractivity contribution < 1.29 is 18.0 Å². The monoisotopic (exact) mass is 529 g/mol. The molecule has 2 heterocycles. The lowest BCUT2D eigenvalue weighted by molar-refractivity contribution is -0.125. The molecule has 3 aromatic carbocycles. The molecule has 0 bridgehead atoms. The summed E-state index contributed by atoms with van der Waals surface area (Å²) in [5, 5.41) is 7.02. The molecule has 1 aliphatic heterocycles. The van der Waals surface area contributed by atoms with Gasteiger partial charge in [-0.1, -0.05) is 75.4 Å². The number of amides is 1. The Morgan fingerprint density at radius 3 is 2.42 bits per heavy atom. The third kappa shape index (κ3) is 5.27. The number of nitrogens with zero attached hydrogens (tertiary/aromatic N) is 3. The molecular weight excluding hydrogens is 498 g/mol. The molecular formula is C30H31N3O4S. The fourth-order valence-corrected chi connectivity index (χ4v) is 6.20. The first kappa shape index (κ1) is 25.9. The molecule has 5 rings (SSSR count). The molecule has 1 aromatic heterocycles. The van der Waals surface area contributed by atoms with Crippen molar-refractivity contribution in [2.24, 2.45) is 0 Å². The van der Waals surface area contributed by atoms with Crippen molar-refractivity contribution in [2.75, 3.05) is 5.75 Å². The molecule has 0 radical (unpaired) electrons. The Balaban J connectivity index is 1.45. The highest BCUT2D eigenvalue weighted by molar-refractivity contribution is 7.90. The first-order chi connectivity index (χ1) is 18.0. The third-order valence-electron chi connectivity index (χ3n) is 6.87. The van der Waals surface area contributed by atoms with Crippen LogP contribution in [0, 0.1) is 0 Å². The summed E-state index contributed by atoms with van der Waals surface area (Å²) in [5.74, 6) is -0.458. The number of fused-ring (bicyclic) bond motifs is 1. The topological polar surface area (TPSA) is 89.3 Å². The summed E-state index contributed by atoms with van der Waals surface area (Å²) in [6, 6.07) is 23.4. The average molecular weight is 530 g/mol. The van der Waals surface area contributed by atoms with Crippen LogP contribution in [0.25, 0.3) is 16.5 Å². The summed E-state index contributed by atoms with van der Waals surface area (Å²) in [5.41, 5.74) is 3.79. The van der Waals surface area contributed by atoms with Gasteiger partial charge >= 0.3 is 0 Å². The zero-order valence-corrected chi connectivity index (χ0v) is 22.7. The van der Waals surface area contributed by atoms with Crippen LogP contribution >= 0.6 is 0 Å². The van der Waals surface area contributed by atoms with E-state index in [4.69, 9.17) is 5.10 Å². The summed E-state index contributed by atoms with van der Waals surface area (Å²) in [7, 11) is -3.58. The molecule has 1 fully saturated rings. The Morgan fingerprint density at radius 2 is 1.68 bits per heavy atom. The van der Waals surface area contributed by atoms with Crippen molar-refractivity contribution in [1.29, 1.82) is 0 Å². The van der Waals surface area contributed by atoms with Gasteiger partial charge in [0.2, 0.25) is 15.9 Å². The van der Waals surface area contributed by atoms with Gasteiger partial charge in [0.1, 0.15) is 5.78 Å². The highest BCUT2D eigenvalue weighted by atomic mass is 32.2. The zero-order chi connectivity index (χ0) is 27.1. The number of benzene rings is 3. The number of Topliss-reactive ketones (excluding diaryl/α,β-unsaturated/α-hetero) is 1. The van der Waals surface area contributed by atoms with Gasteiger partial charge in [0.05, 0.1) is 29.4 Å². The zero-order valence-electron chi connectivity index (χ0n) is 21.8. The minimum absolute atomic E-state index is 0.0130. The van der Waals surface area contributed by atoms with E-state index in [0.717, 1.165) is 37.7 Å². The lowest BCUT2D eigenvalue weighted by Crippen LogP contribution is -2.29. The lowest BCUT2D eigenvalue weighted by atomic mass is 9.92. The number of sulfonamides is 1. The van der Waals surface area contributed by atoms with E-state index in [9.17, 15) is 18.0 Å². The van der Waals surface area contributed by atoms with E-state index in [1.54, 1.807) is 10.7 Å². The molecule has 196 valence electrons. The summed E-state index contributed by atoms with van der Waals surface area (Å²) >= 11 is 0. The molecule has 0 unspecified atom stereocenters. The Kier molecular flexibility index (Phi) is 6.69. The van der Waals surface area contributed by atoms with E-state index < -0.39 is 10.0 Å². The molecule has 0 saturated carbocycles. The standard InChI is InChI=1S/C30H31N3O4S/c1-30(2,3)28-19-25(18-26(34)17-23-11-7-10-22-9-4-5-13-27(22)23)33(31-28)24-12-6-8-21(16-24)20-32-29(35)14-15-38(32,36)37/h4-13,16,19H,14-15,17-18,20H2,1-3H3. The number of hydrogen-bond donors (Lipinski definition) is 0. The van der Waals surface area contributed by atoms with E-state index in [2.05, 4.69) is 20.8 Å². The van der Waals surface area contributed by atoms with Gasteiger partial charge in [0, 0.05) is 24.7 Å². The van der Waals surface area contributed by atoms with Crippen LogP contribution in [0.5, 0.6) is 0 Å². The first-order valence-electron chi connectivity index (χ1n) is 12.7. The fraction of sp³-hybridized carbons (Fsp3) is 0.300. The summed E-state index contributed by atoms with van der Waals surface area (Å²) in [6.07, 6.45) is 0.529. The van der Waals surface area contributed by atoms with Crippen LogP contribution in [0.2, 0.25) is 0 Å². The van der Waals surface area contributed by atoms with Crippen molar-refractivity contribution in [3.05, 3.63) is 95.3 Å². The number of hydrogen-bond acceptors (Lipinski definition) is 5. The average Bonchev–Trinajstić information content (AvgIpc) is 3.41. The molecule has 7 nitrogen and oxygen atoms in total. The summed E-state index contributed by atoms with van der Waals surface area (Å²) in [6.45, 7) is 6.20. The summed E-state index contributed by atoms with van der Waals surface area (Å²) < 4.78 is 27.3. The first-order valence-corrected chi connectivity index (χ1v) is 14.3. The maximum atomic E-state index is 13.3. The van der Waals surface area contributed by atoms with Crippen LogP contribution in [0.4, 0.5) is 0 Å². The normalized spacial score (nSPS) is 15.3. The second-order valence-corrected chi connectivity index (χ2v) is 12.9. The van der Waals surface area contributed by atoms with Gasteiger partial charge in [0.15, 0.2) is 0 Å². The molecule has 0 aliphatic carbocycles. The molecule has 8 heteroatoms. The van der Waals surface area contributed by atoms with Crippen LogP contribution in [0.15, 0.2) is 72.8 Å². The predicted molar refractivity (Wildman–Crippen MR) is 148 cm³/mol. The van der Waals surface area contributed by atoms with Gasteiger partial charge in [-0.25, -0.2) is 17.4 Å². The quantitative estimate of drug-likeness (QED) is 0.345. The van der Waals surface area contributed by atoms with Crippen LogP contribution in [-0.4, -0.2) is 39.9 Å². The van der Waals surface area contributed by atoms with Crippen LogP contribution in [-0.2, 0) is 44.4 Å². The van der Waals surface area contributed by atoms with Gasteiger partial charge in [-0.15, -0.1) is 0 Å². The maximum Gasteiger partial charge on any atom is 0.238 e. The van der Waals surface area contributed by atoms with Gasteiger partial charge in [0.25, 0.3) is 0 Å². The lowest BCUT2D eigenvalue weighted by Gasteiger charge is -2.16. The molecule has 38 heavy (non-hydrogen) atoms. The molecule has 0 atom stereocenters. The van der Waals surface area contributed by atoms with Gasteiger partial charge in [-0.05, 0) is 40.1 Å². The Hall–Kier alpha value is -3.78. The van der Waals surface area contributed by atoms with E-state index in [-0.39, 0.29) is 42.2 Å². The largest absolute Gasteiger partial charge is 0.299 e. The van der Waals surface area contributed by atoms with Gasteiger partial charge in [-0.2, -0.15) is 5.10 Å². The van der Waals surface area contributed by atoms with Crippen LogP contribution in [0.1, 0.15) is 49.7 Å². The fourth-order valence-electron chi connectivity index (χ4n) is 4.80. The third-order valence-corrected chi connectivity index (χ3v) is 8.59. The van der Waals surface area contributed by atoms with Crippen molar-refractivity contribution in [3.8, 4) is 5.69 Å². The minimum Gasteiger partial charge on any atom is -0.299 e. The second-order valence-electron chi connectivity index (χ2n) is 10.8. The number of carbonyl (C=O) groups is 2. The second kappa shape index (κ2) is 9.83. The maximum absolute atomic E-state index is 13.3. The van der Waals surface area contributed by atoms with E-state index in [1.807, 2.05) is 66.7 Å². The summed E-state index contributed by atoms with van der Waals surface area (Å²) in [4.78, 5) is 25.5. The minimum atomic E-state index is -3.58. The van der Waals surface area contributed by atoms with Crippen molar-refractivity contribution in [2.45, 2.75) is 52.0 Å². The predicted octanol–water partition coefficient (Wildman–Crippen LogP) is 4.74. The molecule has 0 spiro atoms. The molecule has 1 aliphatic rings. The van der Waals surface area contributed by atoms with E-state index >= 15 is 0 Å². The Labute approximate surface area is 223 Å². The van der Waals surface area contributed by atoms with E-state index in [0.29, 0.717) is 12.0 Å². The Morgan fingerprint density at radius 1 is 0.947 bits per heavy atom. The Bertz CT molecular complexity index is 1640. The highest BCUT2D eigenvalue weighted by Crippen LogP contribution is 2.26. The van der Waals surface area contributed by atoms with Crippen molar-refractivity contribution in [3.63, 3.8) is 0 Å². The molecule has 0 N–H and O–H groups in total. The van der Waals surface area contributed by atoms with E-state index in [1.165, 1.54) is 0 Å². The smallest absolute Gasteiger partial charge is 0.238 e. The number of ketones is 1. The molecule has 1 amide bonds. The molecule has 4 aromatic rings. The van der Waals surface area contributed by atoms with Crippen molar-refractivity contribution >= 4 is 32.5 Å². The number of rotatable bonds is 7. The highest BCUT2D eigenvalue weighted by Gasteiger charge is 2.34. The number of aromatic nitrogens is 2. The van der Waals surface area contributed by atoms with Gasteiger partial charge in [-0.3, -0.25) is 9.59 Å². The van der Waals surface area contributed by atoms with Crippen molar-refractivity contribution in [1.82, 2.24) is 14.1 Å². The molecule has 1 saturated heterocycles.